The van der Waals surface area contributed by atoms with Gasteiger partial charge in [-0.15, -0.1) is 0 Å². The van der Waals surface area contributed by atoms with E-state index < -0.39 is 34.5 Å². The van der Waals surface area contributed by atoms with Crippen molar-refractivity contribution in [1.82, 2.24) is 9.71 Å². The van der Waals surface area contributed by atoms with Crippen LogP contribution in [0.2, 0.25) is 5.02 Å². The summed E-state index contributed by atoms with van der Waals surface area (Å²) in [4.78, 5) is 30.6. The van der Waals surface area contributed by atoms with Gasteiger partial charge < -0.3 is 4.74 Å². The van der Waals surface area contributed by atoms with E-state index in [9.17, 15) is 18.0 Å². The van der Waals surface area contributed by atoms with E-state index in [1.54, 1.807) is 6.92 Å². The fraction of sp³-hybridized carbons (Fsp3) is 0.250. The van der Waals surface area contributed by atoms with Crippen LogP contribution >= 0.6 is 22.9 Å². The summed E-state index contributed by atoms with van der Waals surface area (Å²) in [6.45, 7) is 2.94. The summed E-state index contributed by atoms with van der Waals surface area (Å²) in [6.07, 6.45) is 0. The van der Waals surface area contributed by atoms with Crippen LogP contribution in [-0.2, 0) is 24.3 Å². The molecular formula is C20H20ClN3O5S2. The summed E-state index contributed by atoms with van der Waals surface area (Å²) in [7, 11) is -3.95. The molecule has 0 aliphatic rings. The lowest BCUT2D eigenvalue weighted by atomic mass is 10.3. The summed E-state index contributed by atoms with van der Waals surface area (Å²) < 4.78 is 33.0. The van der Waals surface area contributed by atoms with Crippen LogP contribution in [-0.4, -0.2) is 44.5 Å². The molecular weight excluding hydrogens is 462 g/mol. The van der Waals surface area contributed by atoms with Crippen LogP contribution in [0, 0.1) is 0 Å². The number of para-hydroxylation sites is 1. The Kier molecular flexibility index (Phi) is 7.26. The second kappa shape index (κ2) is 9.73. The molecule has 0 aliphatic carbocycles. The van der Waals surface area contributed by atoms with Crippen molar-refractivity contribution in [3.05, 3.63) is 53.6 Å². The molecule has 3 aromatic rings. The Labute approximate surface area is 188 Å². The number of carbonyl (C=O) groups excluding carboxylic acids is 2. The second-order valence-corrected chi connectivity index (χ2v) is 9.67. The summed E-state index contributed by atoms with van der Waals surface area (Å²) in [5.41, 5.74) is 0.774. The fourth-order valence-corrected chi connectivity index (χ4v) is 5.06. The van der Waals surface area contributed by atoms with Crippen LogP contribution in [0.15, 0.2) is 53.4 Å². The minimum absolute atomic E-state index is 0.0411. The lowest BCUT2D eigenvalue weighted by Gasteiger charge is -2.18. The van der Waals surface area contributed by atoms with Gasteiger partial charge in [0.25, 0.3) is 5.91 Å². The highest BCUT2D eigenvalue weighted by molar-refractivity contribution is 7.89. The van der Waals surface area contributed by atoms with Gasteiger partial charge in [0, 0.05) is 11.6 Å². The van der Waals surface area contributed by atoms with Crippen LogP contribution < -0.4 is 9.62 Å². The van der Waals surface area contributed by atoms with E-state index in [2.05, 4.69) is 9.71 Å². The van der Waals surface area contributed by atoms with Gasteiger partial charge in [-0.3, -0.25) is 14.5 Å². The number of hydrogen-bond donors (Lipinski definition) is 1. The number of nitrogens with one attached hydrogen (secondary N) is 1. The van der Waals surface area contributed by atoms with E-state index in [1.807, 2.05) is 24.3 Å². The van der Waals surface area contributed by atoms with Crippen molar-refractivity contribution in [2.75, 3.05) is 18.1 Å². The number of thiazole rings is 1. The van der Waals surface area contributed by atoms with Crippen molar-refractivity contribution >= 4 is 60.2 Å². The molecule has 2 aromatic carbocycles. The minimum atomic E-state index is -3.95. The number of hydrogen-bond acceptors (Lipinski definition) is 7. The predicted molar refractivity (Wildman–Crippen MR) is 120 cm³/mol. The van der Waals surface area contributed by atoms with Crippen LogP contribution in [0.3, 0.4) is 0 Å². The van der Waals surface area contributed by atoms with Gasteiger partial charge >= 0.3 is 5.97 Å². The normalized spacial score (nSPS) is 12.5. The first-order chi connectivity index (χ1) is 14.7. The zero-order valence-corrected chi connectivity index (χ0v) is 19.1. The molecule has 0 spiro atoms. The molecule has 164 valence electrons. The largest absolute Gasteiger partial charge is 0.454 e. The van der Waals surface area contributed by atoms with Crippen LogP contribution in [0.25, 0.3) is 10.2 Å². The fourth-order valence-electron chi connectivity index (χ4n) is 2.69. The summed E-state index contributed by atoms with van der Waals surface area (Å²) in [5, 5.41) is 0.889. The third-order valence-corrected chi connectivity index (χ3v) is 7.15. The van der Waals surface area contributed by atoms with E-state index in [4.69, 9.17) is 16.3 Å². The Bertz CT molecular complexity index is 1160. The number of halogens is 1. The van der Waals surface area contributed by atoms with Crippen molar-refractivity contribution < 1.29 is 22.7 Å². The molecule has 8 nitrogen and oxygen atoms in total. The molecule has 3 rings (SSSR count). The maximum atomic E-state index is 12.6. The maximum absolute atomic E-state index is 12.6. The Morgan fingerprint density at radius 2 is 1.87 bits per heavy atom. The molecule has 0 bridgehead atoms. The van der Waals surface area contributed by atoms with Gasteiger partial charge in [0.1, 0.15) is 6.04 Å². The van der Waals surface area contributed by atoms with E-state index in [1.165, 1.54) is 47.4 Å². The van der Waals surface area contributed by atoms with Crippen molar-refractivity contribution in [3.8, 4) is 0 Å². The molecule has 1 atom stereocenters. The third-order valence-electron chi connectivity index (χ3n) is 4.28. The first kappa shape index (κ1) is 23.1. The van der Waals surface area contributed by atoms with Gasteiger partial charge in [-0.2, -0.15) is 4.72 Å². The number of nitrogens with zero attached hydrogens (tertiary/aromatic N) is 2. The summed E-state index contributed by atoms with van der Waals surface area (Å²) in [6, 6.07) is 11.8. The Morgan fingerprint density at radius 1 is 1.19 bits per heavy atom. The molecule has 31 heavy (non-hydrogen) atoms. The zero-order chi connectivity index (χ0) is 22.6. The highest BCUT2D eigenvalue weighted by atomic mass is 35.5. The quantitative estimate of drug-likeness (QED) is 0.495. The van der Waals surface area contributed by atoms with Gasteiger partial charge in [-0.05, 0) is 50.2 Å². The van der Waals surface area contributed by atoms with Gasteiger partial charge in [0.15, 0.2) is 11.7 Å². The monoisotopic (exact) mass is 481 g/mol. The zero-order valence-electron chi connectivity index (χ0n) is 16.7. The molecule has 0 unspecified atom stereocenters. The maximum Gasteiger partial charge on any atom is 0.324 e. The van der Waals surface area contributed by atoms with Crippen LogP contribution in [0.4, 0.5) is 5.13 Å². The number of benzene rings is 2. The number of aromatic nitrogens is 1. The first-order valence-corrected chi connectivity index (χ1v) is 12.0. The van der Waals surface area contributed by atoms with E-state index in [0.29, 0.717) is 16.7 Å². The summed E-state index contributed by atoms with van der Waals surface area (Å²) in [5.74, 6) is -1.33. The number of likely N-dealkylation sites (N-methyl/N-ethyl adjacent to an activating group) is 1. The SMILES string of the molecule is CCN(C(=O)COC(=O)[C@H](C)NS(=O)(=O)c1ccc(Cl)cc1)c1nc2ccccc2s1. The first-order valence-electron chi connectivity index (χ1n) is 9.31. The molecule has 0 aliphatic heterocycles. The van der Waals surface area contributed by atoms with Crippen molar-refractivity contribution in [3.63, 3.8) is 0 Å². The molecule has 0 saturated heterocycles. The van der Waals surface area contributed by atoms with Crippen molar-refractivity contribution in [2.45, 2.75) is 24.8 Å². The highest BCUT2D eigenvalue weighted by Crippen LogP contribution is 2.28. The Hall–Kier alpha value is -2.53. The number of rotatable bonds is 8. The molecule has 0 saturated carbocycles. The number of esters is 1. The third kappa shape index (κ3) is 5.59. The molecule has 1 amide bonds. The number of amides is 1. The minimum Gasteiger partial charge on any atom is -0.454 e. The van der Waals surface area contributed by atoms with Crippen molar-refractivity contribution in [1.29, 1.82) is 0 Å². The number of fused-ring (bicyclic) bond motifs is 1. The second-order valence-electron chi connectivity index (χ2n) is 6.51. The van der Waals surface area contributed by atoms with E-state index >= 15 is 0 Å². The molecule has 11 heteroatoms. The number of sulfonamides is 1. The van der Waals surface area contributed by atoms with Gasteiger partial charge in [-0.1, -0.05) is 35.1 Å². The van der Waals surface area contributed by atoms with Gasteiger partial charge in [0.2, 0.25) is 10.0 Å². The Balaban J connectivity index is 1.60. The highest BCUT2D eigenvalue weighted by Gasteiger charge is 2.25. The average Bonchev–Trinajstić information content (AvgIpc) is 3.16. The molecule has 0 radical (unpaired) electrons. The molecule has 1 heterocycles. The topological polar surface area (TPSA) is 106 Å². The smallest absolute Gasteiger partial charge is 0.324 e. The van der Waals surface area contributed by atoms with Gasteiger partial charge in [-0.25, -0.2) is 13.4 Å². The molecule has 1 aromatic heterocycles. The van der Waals surface area contributed by atoms with E-state index in [0.717, 1.165) is 10.2 Å². The average molecular weight is 482 g/mol. The molecule has 0 fully saturated rings. The summed E-state index contributed by atoms with van der Waals surface area (Å²) >= 11 is 7.12. The Morgan fingerprint density at radius 3 is 2.52 bits per heavy atom. The lowest BCUT2D eigenvalue weighted by Crippen LogP contribution is -2.41. The standard InChI is InChI=1S/C20H20ClN3O5S2/c1-3-24(20-22-16-6-4-5-7-17(16)30-20)18(25)12-29-19(26)13(2)23-31(27,28)15-10-8-14(21)9-11-15/h4-11,13,23H,3,12H2,1-2H3/t13-/m0/s1. The number of ether oxygens (including phenoxy) is 1. The van der Waals surface area contributed by atoms with E-state index in [-0.39, 0.29) is 4.90 Å². The van der Waals surface area contributed by atoms with Gasteiger partial charge in [0.05, 0.1) is 15.1 Å². The molecule has 1 N–H and O–H groups in total. The van der Waals surface area contributed by atoms with Crippen LogP contribution in [0.5, 0.6) is 0 Å². The lowest BCUT2D eigenvalue weighted by molar-refractivity contribution is -0.149. The predicted octanol–water partition coefficient (Wildman–Crippen LogP) is 3.21. The number of anilines is 1. The van der Waals surface area contributed by atoms with Crippen molar-refractivity contribution in [2.24, 2.45) is 0 Å². The number of carbonyl (C=O) groups is 2. The van der Waals surface area contributed by atoms with Crippen LogP contribution in [0.1, 0.15) is 13.8 Å².